The smallest absolute Gasteiger partial charge is 0.127 e. The quantitative estimate of drug-likeness (QED) is 0.200. The summed E-state index contributed by atoms with van der Waals surface area (Å²) < 4.78 is 13.9. The third kappa shape index (κ3) is 6.08. The van der Waals surface area contributed by atoms with Gasteiger partial charge in [0.1, 0.15) is 23.0 Å². The zero-order valence-corrected chi connectivity index (χ0v) is 21.7. The van der Waals surface area contributed by atoms with Crippen LogP contribution in [0.25, 0.3) is 0 Å². The fraction of sp³-hybridized carbons (Fsp3) is 0.0909. The molecule has 0 bridgehead atoms. The van der Waals surface area contributed by atoms with E-state index in [9.17, 15) is 0 Å². The molecule has 5 heteroatoms. The van der Waals surface area contributed by atoms with E-state index < -0.39 is 0 Å². The lowest BCUT2D eigenvalue weighted by Gasteiger charge is -2.09. The monoisotopic (exact) mass is 499 g/mol. The lowest BCUT2D eigenvalue weighted by Crippen LogP contribution is -2.09. The average molecular weight is 500 g/mol. The number of aliphatic imine (C=N–C) groups is 2. The molecule has 0 aliphatic rings. The van der Waals surface area contributed by atoms with Crippen molar-refractivity contribution in [2.75, 3.05) is 0 Å². The van der Waals surface area contributed by atoms with Crippen LogP contribution in [0, 0.1) is 0 Å². The number of hydrogen-bond donors (Lipinski definition) is 0. The van der Waals surface area contributed by atoms with E-state index >= 15 is 0 Å². The molecule has 5 nitrogen and oxygen atoms in total. The largest absolute Gasteiger partial charge is 0.457 e. The molecule has 0 amide bonds. The van der Waals surface area contributed by atoms with E-state index in [1.165, 1.54) is 0 Å². The summed E-state index contributed by atoms with van der Waals surface area (Å²) in [7, 11) is 2.04. The van der Waals surface area contributed by atoms with E-state index in [2.05, 4.69) is 16.7 Å². The fourth-order valence-corrected chi connectivity index (χ4v) is 4.17. The minimum absolute atomic E-state index is 0.778. The van der Waals surface area contributed by atoms with Crippen LogP contribution in [-0.2, 0) is 7.05 Å². The first-order valence-electron chi connectivity index (χ1n) is 12.5. The highest BCUT2D eigenvalue weighted by molar-refractivity contribution is 6.03. The Labute approximate surface area is 223 Å². The molecule has 4 aromatic carbocycles. The molecule has 38 heavy (non-hydrogen) atoms. The van der Waals surface area contributed by atoms with Gasteiger partial charge in [0.15, 0.2) is 0 Å². The normalized spacial score (nSPS) is 11.9. The predicted molar refractivity (Wildman–Crippen MR) is 155 cm³/mol. The Kier molecular flexibility index (Phi) is 7.46. The molecule has 0 radical (unpaired) electrons. The van der Waals surface area contributed by atoms with E-state index in [-0.39, 0.29) is 0 Å². The molecule has 0 N–H and O–H groups in total. The van der Waals surface area contributed by atoms with Gasteiger partial charge in [-0.3, -0.25) is 9.98 Å². The van der Waals surface area contributed by atoms with Crippen LogP contribution in [0.5, 0.6) is 23.0 Å². The van der Waals surface area contributed by atoms with Crippen molar-refractivity contribution in [1.82, 2.24) is 4.57 Å². The van der Waals surface area contributed by atoms with Crippen molar-refractivity contribution in [3.05, 3.63) is 133 Å². The van der Waals surface area contributed by atoms with Crippen LogP contribution in [0.15, 0.2) is 131 Å². The molecule has 0 aliphatic carbocycles. The number of nitrogens with zero attached hydrogens (tertiary/aromatic N) is 3. The van der Waals surface area contributed by atoms with E-state index in [1.807, 2.05) is 130 Å². The molecule has 5 rings (SSSR count). The second-order valence-electron chi connectivity index (χ2n) is 8.88. The minimum Gasteiger partial charge on any atom is -0.457 e. The molecule has 188 valence electrons. The van der Waals surface area contributed by atoms with Gasteiger partial charge < -0.3 is 14.0 Å². The number of aromatic nitrogens is 1. The summed E-state index contributed by atoms with van der Waals surface area (Å²) in [6.07, 6.45) is 0. The van der Waals surface area contributed by atoms with Gasteiger partial charge in [-0.25, -0.2) is 0 Å². The van der Waals surface area contributed by atoms with Crippen LogP contribution in [0.3, 0.4) is 0 Å². The van der Waals surface area contributed by atoms with Crippen molar-refractivity contribution >= 4 is 22.8 Å². The molecule has 0 saturated heterocycles. The van der Waals surface area contributed by atoms with Gasteiger partial charge in [-0.1, -0.05) is 36.4 Å². The molecule has 0 aliphatic heterocycles. The van der Waals surface area contributed by atoms with E-state index in [0.717, 1.165) is 57.2 Å². The summed E-state index contributed by atoms with van der Waals surface area (Å²) in [4.78, 5) is 9.65. The van der Waals surface area contributed by atoms with Gasteiger partial charge >= 0.3 is 0 Å². The number of ether oxygens (including phenoxy) is 2. The molecule has 0 saturated carbocycles. The fourth-order valence-electron chi connectivity index (χ4n) is 4.17. The van der Waals surface area contributed by atoms with Gasteiger partial charge in [0, 0.05) is 7.05 Å². The Morgan fingerprint density at radius 1 is 0.474 bits per heavy atom. The number of rotatable bonds is 8. The second-order valence-corrected chi connectivity index (χ2v) is 8.88. The van der Waals surface area contributed by atoms with Crippen LogP contribution in [-0.4, -0.2) is 16.0 Å². The Hall–Kier alpha value is -4.90. The second kappa shape index (κ2) is 11.4. The summed E-state index contributed by atoms with van der Waals surface area (Å²) >= 11 is 0. The minimum atomic E-state index is 0.778. The zero-order chi connectivity index (χ0) is 26.3. The molecule has 1 heterocycles. The van der Waals surface area contributed by atoms with Crippen LogP contribution >= 0.6 is 0 Å². The molecule has 0 unspecified atom stereocenters. The predicted octanol–water partition coefficient (Wildman–Crippen LogP) is 8.89. The van der Waals surface area contributed by atoms with Crippen LogP contribution < -0.4 is 9.47 Å². The van der Waals surface area contributed by atoms with E-state index in [0.29, 0.717) is 0 Å². The van der Waals surface area contributed by atoms with Gasteiger partial charge in [-0.05, 0) is 98.8 Å². The first kappa shape index (κ1) is 24.8. The Bertz CT molecular complexity index is 1430. The van der Waals surface area contributed by atoms with Crippen LogP contribution in [0.4, 0.5) is 11.4 Å². The summed E-state index contributed by atoms with van der Waals surface area (Å²) in [5.41, 5.74) is 5.65. The van der Waals surface area contributed by atoms with Gasteiger partial charge in [0.05, 0.1) is 34.2 Å². The zero-order valence-electron chi connectivity index (χ0n) is 21.7. The van der Waals surface area contributed by atoms with Crippen molar-refractivity contribution in [3.8, 4) is 23.0 Å². The summed E-state index contributed by atoms with van der Waals surface area (Å²) in [6.45, 7) is 4.04. The summed E-state index contributed by atoms with van der Waals surface area (Å²) in [5, 5.41) is 0. The summed E-state index contributed by atoms with van der Waals surface area (Å²) in [5.74, 6) is 3.18. The van der Waals surface area contributed by atoms with Crippen molar-refractivity contribution in [3.63, 3.8) is 0 Å². The number of para-hydroxylation sites is 2. The van der Waals surface area contributed by atoms with Crippen molar-refractivity contribution in [2.45, 2.75) is 13.8 Å². The summed E-state index contributed by atoms with van der Waals surface area (Å²) in [6, 6.07) is 39.2. The van der Waals surface area contributed by atoms with Gasteiger partial charge in [-0.15, -0.1) is 0 Å². The SMILES string of the molecule is CC(=Nc1ccc(Oc2ccccc2)cc1)c1ccc(C(C)=Nc2ccc(Oc3ccccc3)cc2)n1C. The van der Waals surface area contributed by atoms with E-state index in [1.54, 1.807) is 0 Å². The van der Waals surface area contributed by atoms with Crippen molar-refractivity contribution < 1.29 is 9.47 Å². The maximum absolute atomic E-state index is 5.88. The van der Waals surface area contributed by atoms with Gasteiger partial charge in [-0.2, -0.15) is 0 Å². The lowest BCUT2D eigenvalue weighted by molar-refractivity contribution is 0.482. The molecule has 1 aromatic heterocycles. The molecule has 0 atom stereocenters. The first-order chi connectivity index (χ1) is 18.5. The maximum Gasteiger partial charge on any atom is 0.127 e. The van der Waals surface area contributed by atoms with E-state index in [4.69, 9.17) is 19.5 Å². The topological polar surface area (TPSA) is 48.1 Å². The Balaban J connectivity index is 1.27. The highest BCUT2D eigenvalue weighted by Crippen LogP contribution is 2.26. The first-order valence-corrected chi connectivity index (χ1v) is 12.5. The number of hydrogen-bond acceptors (Lipinski definition) is 4. The molecular weight excluding hydrogens is 470 g/mol. The van der Waals surface area contributed by atoms with Crippen LogP contribution in [0.2, 0.25) is 0 Å². The molecule has 0 spiro atoms. The van der Waals surface area contributed by atoms with Crippen molar-refractivity contribution in [1.29, 1.82) is 0 Å². The number of benzene rings is 4. The molecular formula is C33H29N3O2. The highest BCUT2D eigenvalue weighted by atomic mass is 16.5. The standard InChI is InChI=1S/C33H29N3O2/c1-24(34-26-14-18-30(19-15-26)37-28-10-6-4-7-11-28)32-22-23-33(36(32)3)25(2)35-27-16-20-31(21-17-27)38-29-12-8-5-9-13-29/h4-23H,1-3H3. The molecule has 5 aromatic rings. The van der Waals surface area contributed by atoms with Crippen LogP contribution in [0.1, 0.15) is 25.2 Å². The van der Waals surface area contributed by atoms with Crippen molar-refractivity contribution in [2.24, 2.45) is 17.0 Å². The third-order valence-electron chi connectivity index (χ3n) is 6.09. The Morgan fingerprint density at radius 2 is 0.816 bits per heavy atom. The highest BCUT2D eigenvalue weighted by Gasteiger charge is 2.10. The maximum atomic E-state index is 5.88. The third-order valence-corrected chi connectivity index (χ3v) is 6.09. The lowest BCUT2D eigenvalue weighted by atomic mass is 10.2. The molecule has 0 fully saturated rings. The Morgan fingerprint density at radius 3 is 1.18 bits per heavy atom. The average Bonchev–Trinajstić information content (AvgIpc) is 3.33. The van der Waals surface area contributed by atoms with Gasteiger partial charge in [0.25, 0.3) is 0 Å². The van der Waals surface area contributed by atoms with Gasteiger partial charge in [0.2, 0.25) is 0 Å².